The maximum atomic E-state index is 11.7. The predicted molar refractivity (Wildman–Crippen MR) is 71.2 cm³/mol. The molecule has 0 heterocycles. The van der Waals surface area contributed by atoms with Crippen molar-refractivity contribution in [1.29, 1.82) is 0 Å². The molecule has 1 N–H and O–H groups in total. The van der Waals surface area contributed by atoms with Crippen LogP contribution in [0.3, 0.4) is 0 Å². The van der Waals surface area contributed by atoms with Crippen molar-refractivity contribution in [2.24, 2.45) is 0 Å². The molecule has 0 aliphatic heterocycles. The average molecular weight is 398 g/mol. The molecule has 0 saturated carbocycles. The zero-order valence-electron chi connectivity index (χ0n) is 8.42. The van der Waals surface area contributed by atoms with Gasteiger partial charge < -0.3 is 10.1 Å². The summed E-state index contributed by atoms with van der Waals surface area (Å²) in [5.74, 6) is -0.769. The van der Waals surface area contributed by atoms with E-state index >= 15 is 0 Å². The number of halogens is 2. The molecular formula is C10H9BrINO3. The second kappa shape index (κ2) is 6.19. The van der Waals surface area contributed by atoms with E-state index in [2.05, 4.69) is 48.6 Å². The molecule has 86 valence electrons. The quantitative estimate of drug-likeness (QED) is 0.626. The van der Waals surface area contributed by atoms with Crippen molar-refractivity contribution in [3.05, 3.63) is 31.8 Å². The van der Waals surface area contributed by atoms with Crippen LogP contribution in [0.1, 0.15) is 10.4 Å². The Hall–Kier alpha value is -0.630. The number of rotatable bonds is 3. The molecule has 1 aromatic carbocycles. The number of amides is 1. The third-order valence-corrected chi connectivity index (χ3v) is 3.23. The average Bonchev–Trinajstić information content (AvgIpc) is 2.28. The van der Waals surface area contributed by atoms with Crippen molar-refractivity contribution in [2.75, 3.05) is 13.7 Å². The van der Waals surface area contributed by atoms with E-state index in [1.165, 1.54) is 7.11 Å². The summed E-state index contributed by atoms with van der Waals surface area (Å²) in [5, 5.41) is 2.48. The topological polar surface area (TPSA) is 55.4 Å². The number of hydrogen-bond donors (Lipinski definition) is 1. The summed E-state index contributed by atoms with van der Waals surface area (Å²) in [6, 6.07) is 5.37. The molecule has 1 rings (SSSR count). The molecule has 0 radical (unpaired) electrons. The van der Waals surface area contributed by atoms with Crippen molar-refractivity contribution < 1.29 is 14.3 Å². The van der Waals surface area contributed by atoms with Crippen molar-refractivity contribution >= 4 is 50.4 Å². The lowest BCUT2D eigenvalue weighted by molar-refractivity contribution is -0.139. The van der Waals surface area contributed by atoms with Crippen LogP contribution in [-0.4, -0.2) is 25.5 Å². The van der Waals surface area contributed by atoms with Gasteiger partial charge in [-0.1, -0.05) is 15.9 Å². The molecule has 1 aromatic rings. The second-order valence-corrected chi connectivity index (χ2v) is 4.96. The van der Waals surface area contributed by atoms with Crippen molar-refractivity contribution in [3.63, 3.8) is 0 Å². The van der Waals surface area contributed by atoms with E-state index in [4.69, 9.17) is 0 Å². The molecule has 0 spiro atoms. The van der Waals surface area contributed by atoms with Crippen LogP contribution in [0.15, 0.2) is 22.7 Å². The smallest absolute Gasteiger partial charge is 0.325 e. The highest BCUT2D eigenvalue weighted by atomic mass is 127. The Morgan fingerprint density at radius 3 is 2.81 bits per heavy atom. The maximum Gasteiger partial charge on any atom is 0.325 e. The summed E-state index contributed by atoms with van der Waals surface area (Å²) in [7, 11) is 1.28. The molecule has 6 heteroatoms. The van der Waals surface area contributed by atoms with Gasteiger partial charge in [-0.15, -0.1) is 0 Å². The third-order valence-electron chi connectivity index (χ3n) is 1.79. The maximum absolute atomic E-state index is 11.7. The first-order chi connectivity index (χ1) is 7.54. The van der Waals surface area contributed by atoms with Crippen molar-refractivity contribution in [2.45, 2.75) is 0 Å². The summed E-state index contributed by atoms with van der Waals surface area (Å²) in [4.78, 5) is 22.5. The first kappa shape index (κ1) is 13.4. The lowest BCUT2D eigenvalue weighted by Gasteiger charge is -2.06. The minimum atomic E-state index is -0.474. The molecule has 0 fully saturated rings. The SMILES string of the molecule is COC(=O)CNC(=O)c1cc(Br)ccc1I. The Bertz CT molecular complexity index is 423. The highest BCUT2D eigenvalue weighted by molar-refractivity contribution is 14.1. The Morgan fingerprint density at radius 2 is 2.19 bits per heavy atom. The van der Waals surface area contributed by atoms with E-state index in [0.717, 1.165) is 8.04 Å². The van der Waals surface area contributed by atoms with Gasteiger partial charge in [0, 0.05) is 8.04 Å². The lowest BCUT2D eigenvalue weighted by Crippen LogP contribution is -2.30. The van der Waals surface area contributed by atoms with Crippen LogP contribution in [0, 0.1) is 3.57 Å². The van der Waals surface area contributed by atoms with E-state index in [0.29, 0.717) is 5.56 Å². The van der Waals surface area contributed by atoms with Gasteiger partial charge in [0.05, 0.1) is 12.7 Å². The van der Waals surface area contributed by atoms with Crippen LogP contribution in [0.4, 0.5) is 0 Å². The van der Waals surface area contributed by atoms with Crippen LogP contribution in [0.5, 0.6) is 0 Å². The predicted octanol–water partition coefficient (Wildman–Crippen LogP) is 1.96. The Morgan fingerprint density at radius 1 is 1.50 bits per heavy atom. The minimum absolute atomic E-state index is 0.127. The minimum Gasteiger partial charge on any atom is -0.468 e. The summed E-state index contributed by atoms with van der Waals surface area (Å²) < 4.78 is 6.06. The monoisotopic (exact) mass is 397 g/mol. The van der Waals surface area contributed by atoms with Crippen LogP contribution in [0.2, 0.25) is 0 Å². The van der Waals surface area contributed by atoms with Crippen LogP contribution in [0.25, 0.3) is 0 Å². The molecule has 0 unspecified atom stereocenters. The van der Waals surface area contributed by atoms with Gasteiger partial charge >= 0.3 is 5.97 Å². The summed E-state index contributed by atoms with van der Waals surface area (Å²) in [6.07, 6.45) is 0. The number of carbonyl (C=O) groups is 2. The number of esters is 1. The van der Waals surface area contributed by atoms with Gasteiger partial charge in [-0.3, -0.25) is 9.59 Å². The number of carbonyl (C=O) groups excluding carboxylic acids is 2. The summed E-state index contributed by atoms with van der Waals surface area (Å²) in [6.45, 7) is -0.127. The first-order valence-corrected chi connectivity index (χ1v) is 6.22. The molecule has 0 bridgehead atoms. The van der Waals surface area contributed by atoms with Crippen LogP contribution < -0.4 is 5.32 Å². The Labute approximate surface area is 115 Å². The Balaban J connectivity index is 2.73. The molecule has 0 aliphatic carbocycles. The largest absolute Gasteiger partial charge is 0.468 e. The van der Waals surface area contributed by atoms with Crippen LogP contribution in [-0.2, 0) is 9.53 Å². The van der Waals surface area contributed by atoms with Gasteiger partial charge in [-0.05, 0) is 40.8 Å². The number of methoxy groups -OCH3 is 1. The first-order valence-electron chi connectivity index (χ1n) is 4.34. The van der Waals surface area contributed by atoms with E-state index in [-0.39, 0.29) is 12.5 Å². The molecule has 0 saturated heterocycles. The fourth-order valence-electron chi connectivity index (χ4n) is 0.991. The van der Waals surface area contributed by atoms with E-state index in [1.54, 1.807) is 6.07 Å². The number of nitrogens with one attached hydrogen (secondary N) is 1. The van der Waals surface area contributed by atoms with Gasteiger partial charge in [-0.25, -0.2) is 0 Å². The molecule has 0 aromatic heterocycles. The van der Waals surface area contributed by atoms with Gasteiger partial charge in [0.1, 0.15) is 6.54 Å². The highest BCUT2D eigenvalue weighted by Gasteiger charge is 2.11. The molecule has 1 amide bonds. The molecule has 16 heavy (non-hydrogen) atoms. The Kier molecular flexibility index (Phi) is 5.20. The number of benzene rings is 1. The van der Waals surface area contributed by atoms with Crippen LogP contribution >= 0.6 is 38.5 Å². The highest BCUT2D eigenvalue weighted by Crippen LogP contribution is 2.18. The standard InChI is InChI=1S/C10H9BrINO3/c1-16-9(14)5-13-10(15)7-4-6(11)2-3-8(7)12/h2-4H,5H2,1H3,(H,13,15). The fourth-order valence-corrected chi connectivity index (χ4v) is 1.93. The van der Waals surface area contributed by atoms with E-state index in [9.17, 15) is 9.59 Å². The van der Waals surface area contributed by atoms with Gasteiger partial charge in [0.25, 0.3) is 5.91 Å². The number of hydrogen-bond acceptors (Lipinski definition) is 3. The second-order valence-electron chi connectivity index (χ2n) is 2.88. The van der Waals surface area contributed by atoms with Gasteiger partial charge in [0.2, 0.25) is 0 Å². The normalized spacial score (nSPS) is 9.69. The van der Waals surface area contributed by atoms with E-state index < -0.39 is 5.97 Å². The zero-order chi connectivity index (χ0) is 12.1. The summed E-state index contributed by atoms with van der Waals surface area (Å²) >= 11 is 5.34. The van der Waals surface area contributed by atoms with Crippen molar-refractivity contribution in [1.82, 2.24) is 5.32 Å². The zero-order valence-corrected chi connectivity index (χ0v) is 12.2. The van der Waals surface area contributed by atoms with Crippen molar-refractivity contribution in [3.8, 4) is 0 Å². The number of ether oxygens (including phenoxy) is 1. The van der Waals surface area contributed by atoms with Gasteiger partial charge in [0.15, 0.2) is 0 Å². The molecule has 4 nitrogen and oxygen atoms in total. The fraction of sp³-hybridized carbons (Fsp3) is 0.200. The van der Waals surface area contributed by atoms with E-state index in [1.807, 2.05) is 12.1 Å². The molecule has 0 aliphatic rings. The summed E-state index contributed by atoms with van der Waals surface area (Å²) in [5.41, 5.74) is 0.527. The third kappa shape index (κ3) is 3.75. The molecule has 0 atom stereocenters. The lowest BCUT2D eigenvalue weighted by atomic mass is 10.2. The van der Waals surface area contributed by atoms with Gasteiger partial charge in [-0.2, -0.15) is 0 Å². The molecular weight excluding hydrogens is 389 g/mol.